The van der Waals surface area contributed by atoms with Crippen molar-refractivity contribution in [3.63, 3.8) is 0 Å². The maximum atomic E-state index is 11.6. The molecule has 1 atom stereocenters. The summed E-state index contributed by atoms with van der Waals surface area (Å²) in [5.41, 5.74) is 6.12. The Morgan fingerprint density at radius 2 is 1.95 bits per heavy atom. The molecule has 22 heavy (non-hydrogen) atoms. The van der Waals surface area contributed by atoms with Crippen LogP contribution in [-0.2, 0) is 20.7 Å². The van der Waals surface area contributed by atoms with Crippen molar-refractivity contribution in [1.29, 1.82) is 0 Å². The summed E-state index contributed by atoms with van der Waals surface area (Å²) >= 11 is 3.40. The van der Waals surface area contributed by atoms with Crippen LogP contribution in [0.2, 0.25) is 0 Å². The third-order valence-electron chi connectivity index (χ3n) is 3.58. The molecule has 1 heterocycles. The van der Waals surface area contributed by atoms with Crippen LogP contribution in [0.4, 0.5) is 0 Å². The van der Waals surface area contributed by atoms with Crippen molar-refractivity contribution in [2.45, 2.75) is 44.6 Å². The number of aryl methyl sites for hydroxylation is 1. The van der Waals surface area contributed by atoms with E-state index in [-0.39, 0.29) is 11.8 Å². The average Bonchev–Trinajstić information content (AvgIpc) is 3.05. The Hall–Kier alpha value is -1.40. The number of rotatable bonds is 6. The number of hydrazine groups is 1. The third kappa shape index (κ3) is 5.77. The van der Waals surface area contributed by atoms with Gasteiger partial charge in [0.05, 0.1) is 0 Å². The zero-order valence-corrected chi connectivity index (χ0v) is 14.0. The lowest BCUT2D eigenvalue weighted by atomic mass is 10.1. The smallest absolute Gasteiger partial charge is 0.267 e. The van der Waals surface area contributed by atoms with Crippen molar-refractivity contribution in [3.8, 4) is 0 Å². The highest BCUT2D eigenvalue weighted by atomic mass is 79.9. The quantitative estimate of drug-likeness (QED) is 0.598. The van der Waals surface area contributed by atoms with Gasteiger partial charge >= 0.3 is 0 Å². The molecule has 0 saturated carbocycles. The lowest BCUT2D eigenvalue weighted by Gasteiger charge is -2.11. The predicted octanol–water partition coefficient (Wildman–Crippen LogP) is 2.49. The van der Waals surface area contributed by atoms with Gasteiger partial charge in [-0.25, -0.2) is 0 Å². The van der Waals surface area contributed by atoms with E-state index in [1.54, 1.807) is 0 Å². The summed E-state index contributed by atoms with van der Waals surface area (Å²) in [6.45, 7) is 0.613. The van der Waals surface area contributed by atoms with Crippen molar-refractivity contribution in [2.24, 2.45) is 0 Å². The molecular formula is C16H21BrN2O3. The van der Waals surface area contributed by atoms with Crippen molar-refractivity contribution in [1.82, 2.24) is 10.9 Å². The standard InChI is InChI=1S/C16H21BrN2O3/c17-13-9-7-12(8-10-13)4-1-2-6-15(20)18-19-16(21)14-5-3-11-22-14/h7-10,14H,1-6,11H2,(H,18,20)(H,19,21). The van der Waals surface area contributed by atoms with Gasteiger partial charge in [0, 0.05) is 17.5 Å². The van der Waals surface area contributed by atoms with Crippen LogP contribution in [0.25, 0.3) is 0 Å². The first-order chi connectivity index (χ1) is 10.6. The van der Waals surface area contributed by atoms with Crippen LogP contribution in [0, 0.1) is 0 Å². The van der Waals surface area contributed by atoms with E-state index in [9.17, 15) is 9.59 Å². The number of ether oxygens (including phenoxy) is 1. The molecule has 5 nitrogen and oxygen atoms in total. The normalized spacial score (nSPS) is 17.2. The minimum Gasteiger partial charge on any atom is -0.368 e. The maximum absolute atomic E-state index is 11.6. The van der Waals surface area contributed by atoms with Crippen LogP contribution >= 0.6 is 15.9 Å². The predicted molar refractivity (Wildman–Crippen MR) is 87.0 cm³/mol. The molecule has 2 amide bonds. The number of hydrogen-bond acceptors (Lipinski definition) is 3. The maximum Gasteiger partial charge on any atom is 0.267 e. The van der Waals surface area contributed by atoms with Gasteiger partial charge in [-0.2, -0.15) is 0 Å². The summed E-state index contributed by atoms with van der Waals surface area (Å²) in [5.74, 6) is -0.428. The number of amides is 2. The molecule has 0 aliphatic carbocycles. The van der Waals surface area contributed by atoms with Crippen LogP contribution in [0.3, 0.4) is 0 Å². The van der Waals surface area contributed by atoms with Crippen LogP contribution in [0.1, 0.15) is 37.7 Å². The lowest BCUT2D eigenvalue weighted by Crippen LogP contribution is -2.46. The van der Waals surface area contributed by atoms with Crippen molar-refractivity contribution >= 4 is 27.7 Å². The summed E-state index contributed by atoms with van der Waals surface area (Å²) in [7, 11) is 0. The second-order valence-electron chi connectivity index (χ2n) is 5.37. The van der Waals surface area contributed by atoms with Gasteiger partial charge in [-0.1, -0.05) is 28.1 Å². The Morgan fingerprint density at radius 3 is 2.64 bits per heavy atom. The number of hydrogen-bond donors (Lipinski definition) is 2. The Labute approximate surface area is 138 Å². The van der Waals surface area contributed by atoms with E-state index in [1.165, 1.54) is 5.56 Å². The van der Waals surface area contributed by atoms with Crippen LogP contribution in [0.15, 0.2) is 28.7 Å². The fraction of sp³-hybridized carbons (Fsp3) is 0.500. The monoisotopic (exact) mass is 368 g/mol. The molecule has 0 spiro atoms. The highest BCUT2D eigenvalue weighted by molar-refractivity contribution is 9.10. The van der Waals surface area contributed by atoms with Gasteiger partial charge in [-0.05, 0) is 49.8 Å². The number of benzene rings is 1. The summed E-state index contributed by atoms with van der Waals surface area (Å²) in [5, 5.41) is 0. The Kier molecular flexibility index (Phi) is 6.86. The Morgan fingerprint density at radius 1 is 1.18 bits per heavy atom. The summed E-state index contributed by atoms with van der Waals surface area (Å²) in [6, 6.07) is 8.18. The van der Waals surface area contributed by atoms with E-state index in [0.717, 1.165) is 36.6 Å². The molecule has 2 N–H and O–H groups in total. The van der Waals surface area contributed by atoms with Gasteiger partial charge < -0.3 is 4.74 Å². The SMILES string of the molecule is O=C(CCCCc1ccc(Br)cc1)NNC(=O)C1CCCO1. The number of nitrogens with one attached hydrogen (secondary N) is 2. The second kappa shape index (κ2) is 8.90. The molecule has 1 saturated heterocycles. The fourth-order valence-electron chi connectivity index (χ4n) is 2.32. The van der Waals surface area contributed by atoms with Crippen molar-refractivity contribution in [3.05, 3.63) is 34.3 Å². The average molecular weight is 369 g/mol. The van der Waals surface area contributed by atoms with Gasteiger partial charge in [-0.3, -0.25) is 20.4 Å². The lowest BCUT2D eigenvalue weighted by molar-refractivity contribution is -0.134. The molecule has 1 aromatic rings. The zero-order valence-electron chi connectivity index (χ0n) is 12.4. The van der Waals surface area contributed by atoms with E-state index in [0.29, 0.717) is 13.0 Å². The fourth-order valence-corrected chi connectivity index (χ4v) is 2.59. The third-order valence-corrected chi connectivity index (χ3v) is 4.11. The number of halogens is 1. The van der Waals surface area contributed by atoms with E-state index >= 15 is 0 Å². The molecule has 0 radical (unpaired) electrons. The molecule has 0 bridgehead atoms. The van der Waals surface area contributed by atoms with Gasteiger partial charge in [0.15, 0.2) is 0 Å². The molecule has 1 unspecified atom stereocenters. The highest BCUT2D eigenvalue weighted by Gasteiger charge is 2.23. The van der Waals surface area contributed by atoms with E-state index in [2.05, 4.69) is 38.9 Å². The minimum absolute atomic E-state index is 0.165. The number of carbonyl (C=O) groups is 2. The van der Waals surface area contributed by atoms with E-state index < -0.39 is 6.10 Å². The Bertz CT molecular complexity index is 499. The first-order valence-corrected chi connectivity index (χ1v) is 8.39. The Balaban J connectivity index is 1.55. The van der Waals surface area contributed by atoms with Crippen LogP contribution in [0.5, 0.6) is 0 Å². The van der Waals surface area contributed by atoms with E-state index in [4.69, 9.17) is 4.74 Å². The molecule has 1 aromatic carbocycles. The highest BCUT2D eigenvalue weighted by Crippen LogP contribution is 2.13. The molecule has 6 heteroatoms. The number of carbonyl (C=O) groups excluding carboxylic acids is 2. The molecule has 1 fully saturated rings. The van der Waals surface area contributed by atoms with Gasteiger partial charge in [0.1, 0.15) is 6.10 Å². The molecule has 120 valence electrons. The minimum atomic E-state index is -0.419. The topological polar surface area (TPSA) is 67.4 Å². The summed E-state index contributed by atoms with van der Waals surface area (Å²) in [6.07, 6.45) is 4.27. The molecule has 2 rings (SSSR count). The first-order valence-electron chi connectivity index (χ1n) is 7.60. The second-order valence-corrected chi connectivity index (χ2v) is 6.29. The summed E-state index contributed by atoms with van der Waals surface area (Å²) in [4.78, 5) is 23.3. The van der Waals surface area contributed by atoms with Gasteiger partial charge in [0.2, 0.25) is 5.91 Å². The van der Waals surface area contributed by atoms with Gasteiger partial charge in [-0.15, -0.1) is 0 Å². The van der Waals surface area contributed by atoms with Gasteiger partial charge in [0.25, 0.3) is 5.91 Å². The zero-order chi connectivity index (χ0) is 15.8. The molecular weight excluding hydrogens is 348 g/mol. The van der Waals surface area contributed by atoms with Crippen LogP contribution in [-0.4, -0.2) is 24.5 Å². The molecule has 1 aliphatic heterocycles. The van der Waals surface area contributed by atoms with Crippen molar-refractivity contribution < 1.29 is 14.3 Å². The number of unbranched alkanes of at least 4 members (excludes halogenated alkanes) is 1. The van der Waals surface area contributed by atoms with Crippen molar-refractivity contribution in [2.75, 3.05) is 6.61 Å². The largest absolute Gasteiger partial charge is 0.368 e. The first kappa shape index (κ1) is 17.0. The molecule has 0 aromatic heterocycles. The van der Waals surface area contributed by atoms with E-state index in [1.807, 2.05) is 12.1 Å². The summed E-state index contributed by atoms with van der Waals surface area (Å²) < 4.78 is 6.30. The molecule has 1 aliphatic rings. The van der Waals surface area contributed by atoms with Crippen LogP contribution < -0.4 is 10.9 Å².